The van der Waals surface area contributed by atoms with Gasteiger partial charge >= 0.3 is 0 Å². The van der Waals surface area contributed by atoms with Crippen molar-refractivity contribution in [2.45, 2.75) is 38.5 Å². The van der Waals surface area contributed by atoms with E-state index in [1.165, 1.54) is 31.2 Å². The van der Waals surface area contributed by atoms with Gasteiger partial charge in [-0.2, -0.15) is 0 Å². The van der Waals surface area contributed by atoms with Crippen LogP contribution < -0.4 is 10.5 Å². The van der Waals surface area contributed by atoms with Gasteiger partial charge in [-0.15, -0.1) is 0 Å². The van der Waals surface area contributed by atoms with Gasteiger partial charge in [-0.1, -0.05) is 37.1 Å². The largest absolute Gasteiger partial charge is 0.457 e. The molecule has 1 fully saturated rings. The number of carbonyl (C=O) groups is 1. The third kappa shape index (κ3) is 3.61. The van der Waals surface area contributed by atoms with Crippen LogP contribution in [0.4, 0.5) is 0 Å². The molecule has 4 heteroatoms. The van der Waals surface area contributed by atoms with Gasteiger partial charge in [0.2, 0.25) is 0 Å². The quantitative estimate of drug-likeness (QED) is 0.627. The van der Waals surface area contributed by atoms with Crippen molar-refractivity contribution in [1.29, 1.82) is 0 Å². The highest BCUT2D eigenvalue weighted by Crippen LogP contribution is 2.37. The van der Waals surface area contributed by atoms with Gasteiger partial charge in [-0.05, 0) is 61.6 Å². The number of carbonyl (C=O) groups excluding carboxylic acids is 1. The van der Waals surface area contributed by atoms with Crippen molar-refractivity contribution in [1.82, 2.24) is 4.98 Å². The molecule has 138 valence electrons. The SMILES string of the molecule is Cc1[nH]c(-c2ccccc2Oc2ccc(C3CCCC3)cc2)cc1C(N)=O. The van der Waals surface area contributed by atoms with Crippen LogP contribution in [0.2, 0.25) is 0 Å². The van der Waals surface area contributed by atoms with E-state index in [0.29, 0.717) is 11.5 Å². The third-order valence-corrected chi connectivity index (χ3v) is 5.39. The Morgan fingerprint density at radius 2 is 1.78 bits per heavy atom. The zero-order chi connectivity index (χ0) is 18.8. The predicted octanol–water partition coefficient (Wildman–Crippen LogP) is 5.54. The summed E-state index contributed by atoms with van der Waals surface area (Å²) in [6.07, 6.45) is 5.24. The number of nitrogens with one attached hydrogen (secondary N) is 1. The molecule has 1 aliphatic carbocycles. The lowest BCUT2D eigenvalue weighted by molar-refractivity contribution is 0.1000. The van der Waals surface area contributed by atoms with Gasteiger partial charge in [0.1, 0.15) is 11.5 Å². The summed E-state index contributed by atoms with van der Waals surface area (Å²) >= 11 is 0. The second kappa shape index (κ2) is 7.31. The first-order valence-electron chi connectivity index (χ1n) is 9.48. The van der Waals surface area contributed by atoms with Crippen molar-refractivity contribution >= 4 is 5.91 Å². The minimum absolute atomic E-state index is 0.434. The van der Waals surface area contributed by atoms with Crippen LogP contribution in [0.25, 0.3) is 11.3 Å². The summed E-state index contributed by atoms with van der Waals surface area (Å²) in [5.41, 5.74) is 9.82. The Kier molecular flexibility index (Phi) is 4.71. The van der Waals surface area contributed by atoms with Gasteiger partial charge in [-0.3, -0.25) is 4.79 Å². The van der Waals surface area contributed by atoms with E-state index in [0.717, 1.165) is 28.5 Å². The number of benzene rings is 2. The molecular formula is C23H24N2O2. The van der Waals surface area contributed by atoms with Gasteiger partial charge < -0.3 is 15.5 Å². The smallest absolute Gasteiger partial charge is 0.250 e. The fourth-order valence-corrected chi connectivity index (χ4v) is 3.93. The highest BCUT2D eigenvalue weighted by molar-refractivity contribution is 5.95. The number of aromatic nitrogens is 1. The Morgan fingerprint density at radius 3 is 2.44 bits per heavy atom. The first kappa shape index (κ1) is 17.4. The topological polar surface area (TPSA) is 68.1 Å². The summed E-state index contributed by atoms with van der Waals surface area (Å²) in [7, 11) is 0. The van der Waals surface area contributed by atoms with E-state index in [1.807, 2.05) is 43.3 Å². The van der Waals surface area contributed by atoms with Gasteiger partial charge in [0, 0.05) is 11.3 Å². The van der Waals surface area contributed by atoms with E-state index < -0.39 is 5.91 Å². The lowest BCUT2D eigenvalue weighted by atomic mass is 9.98. The van der Waals surface area contributed by atoms with Crippen LogP contribution in [0, 0.1) is 6.92 Å². The third-order valence-electron chi connectivity index (χ3n) is 5.39. The molecule has 0 unspecified atom stereocenters. The molecule has 4 nitrogen and oxygen atoms in total. The number of nitrogens with two attached hydrogens (primary N) is 1. The molecular weight excluding hydrogens is 336 g/mol. The average molecular weight is 360 g/mol. The van der Waals surface area contributed by atoms with E-state index >= 15 is 0 Å². The van der Waals surface area contributed by atoms with Crippen molar-refractivity contribution in [3.05, 3.63) is 71.4 Å². The van der Waals surface area contributed by atoms with Crippen molar-refractivity contribution in [2.24, 2.45) is 5.73 Å². The number of para-hydroxylation sites is 1. The van der Waals surface area contributed by atoms with E-state index in [4.69, 9.17) is 10.5 Å². The highest BCUT2D eigenvalue weighted by atomic mass is 16.5. The molecule has 3 aromatic rings. The minimum Gasteiger partial charge on any atom is -0.457 e. The first-order valence-corrected chi connectivity index (χ1v) is 9.48. The number of H-pyrrole nitrogens is 1. The fraction of sp³-hybridized carbons (Fsp3) is 0.261. The molecule has 1 heterocycles. The number of primary amides is 1. The number of aryl methyl sites for hydroxylation is 1. The molecule has 0 bridgehead atoms. The molecule has 0 atom stereocenters. The minimum atomic E-state index is -0.434. The number of ether oxygens (including phenoxy) is 1. The lowest BCUT2D eigenvalue weighted by Crippen LogP contribution is -2.10. The number of rotatable bonds is 5. The fourth-order valence-electron chi connectivity index (χ4n) is 3.93. The van der Waals surface area contributed by atoms with Crippen LogP contribution >= 0.6 is 0 Å². The van der Waals surface area contributed by atoms with Gasteiger partial charge in [-0.25, -0.2) is 0 Å². The molecule has 1 aromatic heterocycles. The maximum Gasteiger partial charge on any atom is 0.250 e. The maximum atomic E-state index is 11.6. The van der Waals surface area contributed by atoms with E-state index in [2.05, 4.69) is 17.1 Å². The average Bonchev–Trinajstić information content (AvgIpc) is 3.33. The van der Waals surface area contributed by atoms with E-state index in [1.54, 1.807) is 6.07 Å². The summed E-state index contributed by atoms with van der Waals surface area (Å²) in [4.78, 5) is 14.8. The molecule has 0 aliphatic heterocycles. The number of amides is 1. The first-order chi connectivity index (χ1) is 13.1. The zero-order valence-electron chi connectivity index (χ0n) is 15.5. The van der Waals surface area contributed by atoms with Crippen LogP contribution in [0.15, 0.2) is 54.6 Å². The van der Waals surface area contributed by atoms with Crippen LogP contribution in [0.3, 0.4) is 0 Å². The summed E-state index contributed by atoms with van der Waals surface area (Å²) in [6, 6.07) is 18.0. The predicted molar refractivity (Wildman–Crippen MR) is 107 cm³/mol. The second-order valence-corrected chi connectivity index (χ2v) is 7.23. The monoisotopic (exact) mass is 360 g/mol. The molecule has 0 spiro atoms. The summed E-state index contributed by atoms with van der Waals surface area (Å²) in [5, 5.41) is 0. The number of hydrogen-bond acceptors (Lipinski definition) is 2. The lowest BCUT2D eigenvalue weighted by Gasteiger charge is -2.13. The molecule has 4 rings (SSSR count). The molecule has 0 radical (unpaired) electrons. The van der Waals surface area contributed by atoms with E-state index in [-0.39, 0.29) is 0 Å². The number of aromatic amines is 1. The standard InChI is InChI=1S/C23H24N2O2/c1-15-20(23(24)26)14-21(25-15)19-8-4-5-9-22(19)27-18-12-10-17(11-13-18)16-6-2-3-7-16/h4-5,8-14,16,25H,2-3,6-7H2,1H3,(H2,24,26). The summed E-state index contributed by atoms with van der Waals surface area (Å²) in [6.45, 7) is 1.84. The van der Waals surface area contributed by atoms with Gasteiger partial charge in [0.25, 0.3) is 5.91 Å². The Morgan fingerprint density at radius 1 is 1.07 bits per heavy atom. The summed E-state index contributed by atoms with van der Waals surface area (Å²) < 4.78 is 6.15. The van der Waals surface area contributed by atoms with Crippen LogP contribution in [0.1, 0.15) is 53.2 Å². The van der Waals surface area contributed by atoms with Crippen LogP contribution in [0.5, 0.6) is 11.5 Å². The number of hydrogen-bond donors (Lipinski definition) is 2. The van der Waals surface area contributed by atoms with Gasteiger partial charge in [0.05, 0.1) is 11.3 Å². The Bertz CT molecular complexity index is 951. The van der Waals surface area contributed by atoms with Crippen LogP contribution in [-0.4, -0.2) is 10.9 Å². The maximum absolute atomic E-state index is 11.6. The second-order valence-electron chi connectivity index (χ2n) is 7.23. The highest BCUT2D eigenvalue weighted by Gasteiger charge is 2.17. The Hall–Kier alpha value is -3.01. The van der Waals surface area contributed by atoms with Crippen molar-refractivity contribution in [3.63, 3.8) is 0 Å². The molecule has 2 aromatic carbocycles. The Labute approximate surface area is 159 Å². The Balaban J connectivity index is 1.60. The van der Waals surface area contributed by atoms with Crippen molar-refractivity contribution in [3.8, 4) is 22.8 Å². The molecule has 3 N–H and O–H groups in total. The molecule has 1 saturated carbocycles. The molecule has 0 saturated heterocycles. The molecule has 1 aliphatic rings. The van der Waals surface area contributed by atoms with Crippen molar-refractivity contribution < 1.29 is 9.53 Å². The van der Waals surface area contributed by atoms with Gasteiger partial charge in [0.15, 0.2) is 0 Å². The van der Waals surface area contributed by atoms with E-state index in [9.17, 15) is 4.79 Å². The van der Waals surface area contributed by atoms with Crippen molar-refractivity contribution in [2.75, 3.05) is 0 Å². The normalized spacial score (nSPS) is 14.4. The zero-order valence-corrected chi connectivity index (χ0v) is 15.5. The molecule has 27 heavy (non-hydrogen) atoms. The van der Waals surface area contributed by atoms with Crippen LogP contribution in [-0.2, 0) is 0 Å². The molecule has 1 amide bonds. The summed E-state index contributed by atoms with van der Waals surface area (Å²) in [5.74, 6) is 1.81.